The van der Waals surface area contributed by atoms with Gasteiger partial charge in [-0.25, -0.2) is 9.50 Å². The molecule has 3 aromatic rings. The van der Waals surface area contributed by atoms with Gasteiger partial charge < -0.3 is 10.1 Å². The number of amides is 1. The number of nitrogens with zero attached hydrogens (tertiary/aromatic N) is 4. The van der Waals surface area contributed by atoms with Crippen molar-refractivity contribution in [1.29, 1.82) is 0 Å². The molecule has 10 heteroatoms. The highest BCUT2D eigenvalue weighted by Gasteiger charge is 2.20. The summed E-state index contributed by atoms with van der Waals surface area (Å²) in [6.07, 6.45) is 3.25. The van der Waals surface area contributed by atoms with Crippen LogP contribution in [0.3, 0.4) is 0 Å². The van der Waals surface area contributed by atoms with Gasteiger partial charge in [0, 0.05) is 18.5 Å². The second-order valence-corrected chi connectivity index (χ2v) is 5.44. The molecule has 3 rings (SSSR count). The summed E-state index contributed by atoms with van der Waals surface area (Å²) in [7, 11) is 1.36. The van der Waals surface area contributed by atoms with E-state index >= 15 is 0 Å². The third-order valence-corrected chi connectivity index (χ3v) is 3.93. The first-order valence-electron chi connectivity index (χ1n) is 6.64. The zero-order chi connectivity index (χ0) is 17.3. The summed E-state index contributed by atoms with van der Waals surface area (Å²) in [5.74, 6) is -0.324. The van der Waals surface area contributed by atoms with E-state index in [0.717, 1.165) is 0 Å². The van der Waals surface area contributed by atoms with Crippen molar-refractivity contribution >= 4 is 38.9 Å². The number of carbonyl (C=O) groups excluding carboxylic acids is 1. The molecule has 0 aliphatic rings. The number of ether oxygens (including phenoxy) is 1. The molecule has 24 heavy (non-hydrogen) atoms. The fourth-order valence-corrected chi connectivity index (χ4v) is 2.63. The van der Waals surface area contributed by atoms with Crippen LogP contribution in [0.1, 0.15) is 10.5 Å². The molecule has 0 radical (unpaired) electrons. The zero-order valence-corrected chi connectivity index (χ0v) is 13.8. The Balaban J connectivity index is 1.94. The van der Waals surface area contributed by atoms with Gasteiger partial charge in [0.25, 0.3) is 11.6 Å². The van der Waals surface area contributed by atoms with Gasteiger partial charge in [-0.3, -0.25) is 14.9 Å². The van der Waals surface area contributed by atoms with Crippen molar-refractivity contribution in [3.63, 3.8) is 0 Å². The molecule has 0 aliphatic heterocycles. The van der Waals surface area contributed by atoms with Gasteiger partial charge in [0.1, 0.15) is 5.75 Å². The molecule has 1 N–H and O–H groups in total. The van der Waals surface area contributed by atoms with Gasteiger partial charge in [0.15, 0.2) is 11.3 Å². The van der Waals surface area contributed by atoms with Crippen molar-refractivity contribution in [2.24, 2.45) is 0 Å². The number of non-ortho nitro benzene ring substituents is 1. The molecule has 0 fully saturated rings. The topological polar surface area (TPSA) is 112 Å². The molecule has 1 amide bonds. The molecule has 2 aromatic heterocycles. The Labute approximate surface area is 143 Å². The number of methoxy groups -OCH3 is 1. The Hall–Kier alpha value is -3.01. The summed E-state index contributed by atoms with van der Waals surface area (Å²) in [4.78, 5) is 26.8. The molecule has 122 valence electrons. The molecular formula is C14H10BrN5O4. The lowest BCUT2D eigenvalue weighted by Gasteiger charge is -2.09. The van der Waals surface area contributed by atoms with Crippen LogP contribution < -0.4 is 10.1 Å². The highest BCUT2D eigenvalue weighted by molar-refractivity contribution is 9.10. The summed E-state index contributed by atoms with van der Waals surface area (Å²) in [6.45, 7) is 0. The lowest BCUT2D eigenvalue weighted by Crippen LogP contribution is -2.14. The zero-order valence-electron chi connectivity index (χ0n) is 12.3. The van der Waals surface area contributed by atoms with Crippen LogP contribution in [0.15, 0.2) is 41.1 Å². The highest BCUT2D eigenvalue weighted by atomic mass is 79.9. The molecule has 0 spiro atoms. The minimum atomic E-state index is -0.543. The van der Waals surface area contributed by atoms with Crippen molar-refractivity contribution < 1.29 is 14.5 Å². The van der Waals surface area contributed by atoms with Gasteiger partial charge in [-0.1, -0.05) is 0 Å². The van der Waals surface area contributed by atoms with Crippen molar-refractivity contribution in [3.05, 3.63) is 56.9 Å². The number of benzene rings is 1. The Morgan fingerprint density at radius 3 is 2.92 bits per heavy atom. The maximum Gasteiger partial charge on any atom is 0.277 e. The van der Waals surface area contributed by atoms with Gasteiger partial charge in [0.2, 0.25) is 0 Å². The highest BCUT2D eigenvalue weighted by Crippen LogP contribution is 2.30. The summed E-state index contributed by atoms with van der Waals surface area (Å²) in [6, 6.07) is 5.60. The Morgan fingerprint density at radius 2 is 2.25 bits per heavy atom. The third-order valence-electron chi connectivity index (χ3n) is 3.20. The van der Waals surface area contributed by atoms with Crippen molar-refractivity contribution in [2.75, 3.05) is 12.4 Å². The van der Waals surface area contributed by atoms with Crippen LogP contribution in [0.2, 0.25) is 0 Å². The monoisotopic (exact) mass is 391 g/mol. The van der Waals surface area contributed by atoms with Crippen LogP contribution in [-0.2, 0) is 0 Å². The minimum Gasteiger partial charge on any atom is -0.494 e. The van der Waals surface area contributed by atoms with Crippen LogP contribution in [0, 0.1) is 10.1 Å². The van der Waals surface area contributed by atoms with Crippen LogP contribution in [0.25, 0.3) is 5.65 Å². The standard InChI is InChI=1S/C14H10BrN5O4/c1-24-10-7-8(20(22)23)3-4-9(10)17-14(21)12-11(15)13-16-5-2-6-19(13)18-12/h2-7H,1H3,(H,17,21). The molecule has 0 unspecified atom stereocenters. The molecule has 0 atom stereocenters. The number of nitro benzene ring substituents is 1. The van der Waals surface area contributed by atoms with Gasteiger partial charge in [-0.15, -0.1) is 0 Å². The van der Waals surface area contributed by atoms with Gasteiger partial charge in [0.05, 0.1) is 28.3 Å². The number of aromatic nitrogens is 3. The number of hydrogen-bond donors (Lipinski definition) is 1. The quantitative estimate of drug-likeness (QED) is 0.540. The fraction of sp³-hybridized carbons (Fsp3) is 0.0714. The normalized spacial score (nSPS) is 10.6. The maximum absolute atomic E-state index is 12.5. The van der Waals surface area contributed by atoms with Crippen LogP contribution >= 0.6 is 15.9 Å². The molecule has 0 aliphatic carbocycles. The molecular weight excluding hydrogens is 382 g/mol. The van der Waals surface area contributed by atoms with E-state index < -0.39 is 10.8 Å². The number of rotatable bonds is 4. The Kier molecular flexibility index (Phi) is 4.13. The Morgan fingerprint density at radius 1 is 1.46 bits per heavy atom. The number of fused-ring (bicyclic) bond motifs is 1. The molecule has 1 aromatic carbocycles. The largest absolute Gasteiger partial charge is 0.494 e. The molecule has 0 saturated carbocycles. The number of nitro groups is 1. The lowest BCUT2D eigenvalue weighted by molar-refractivity contribution is -0.384. The number of hydrogen-bond acceptors (Lipinski definition) is 6. The van der Waals surface area contributed by atoms with E-state index in [4.69, 9.17) is 4.74 Å². The van der Waals surface area contributed by atoms with E-state index in [1.807, 2.05) is 0 Å². The average molecular weight is 392 g/mol. The predicted octanol–water partition coefficient (Wildman–Crippen LogP) is 2.66. The average Bonchev–Trinajstić information content (AvgIpc) is 2.92. The Bertz CT molecular complexity index is 955. The third kappa shape index (κ3) is 2.78. The van der Waals surface area contributed by atoms with Crippen molar-refractivity contribution in [2.45, 2.75) is 0 Å². The molecule has 9 nitrogen and oxygen atoms in total. The van der Waals surface area contributed by atoms with Crippen molar-refractivity contribution in [1.82, 2.24) is 14.6 Å². The van der Waals surface area contributed by atoms with Gasteiger partial charge in [-0.05, 0) is 28.1 Å². The first-order valence-corrected chi connectivity index (χ1v) is 7.43. The number of halogens is 1. The van der Waals surface area contributed by atoms with Crippen LogP contribution in [0.5, 0.6) is 5.75 Å². The maximum atomic E-state index is 12.5. The summed E-state index contributed by atoms with van der Waals surface area (Å²) in [5.41, 5.74) is 0.792. The first-order chi connectivity index (χ1) is 11.5. The van der Waals surface area contributed by atoms with E-state index in [2.05, 4.69) is 31.3 Å². The van der Waals surface area contributed by atoms with E-state index in [1.165, 1.54) is 29.8 Å². The summed E-state index contributed by atoms with van der Waals surface area (Å²) >= 11 is 3.30. The van der Waals surface area contributed by atoms with E-state index in [1.54, 1.807) is 18.5 Å². The van der Waals surface area contributed by atoms with Crippen molar-refractivity contribution in [3.8, 4) is 5.75 Å². The summed E-state index contributed by atoms with van der Waals surface area (Å²) < 4.78 is 7.00. The second-order valence-electron chi connectivity index (χ2n) is 4.65. The lowest BCUT2D eigenvalue weighted by atomic mass is 10.2. The molecule has 0 saturated heterocycles. The van der Waals surface area contributed by atoms with Crippen LogP contribution in [-0.4, -0.2) is 32.5 Å². The molecule has 2 heterocycles. The van der Waals surface area contributed by atoms with Gasteiger partial charge in [-0.2, -0.15) is 5.10 Å². The van der Waals surface area contributed by atoms with Gasteiger partial charge >= 0.3 is 0 Å². The minimum absolute atomic E-state index is 0.133. The fourth-order valence-electron chi connectivity index (χ4n) is 2.08. The smallest absolute Gasteiger partial charge is 0.277 e. The number of anilines is 1. The SMILES string of the molecule is COc1cc([N+](=O)[O-])ccc1NC(=O)c1nn2cccnc2c1Br. The second kappa shape index (κ2) is 6.24. The number of carbonyl (C=O) groups is 1. The van der Waals surface area contributed by atoms with E-state index in [0.29, 0.717) is 15.8 Å². The van der Waals surface area contributed by atoms with Crippen LogP contribution in [0.4, 0.5) is 11.4 Å². The predicted molar refractivity (Wildman–Crippen MR) is 88.3 cm³/mol. The summed E-state index contributed by atoms with van der Waals surface area (Å²) in [5, 5.41) is 17.6. The number of nitrogens with one attached hydrogen (secondary N) is 1. The molecule has 0 bridgehead atoms. The first kappa shape index (κ1) is 15.9. The van der Waals surface area contributed by atoms with E-state index in [-0.39, 0.29) is 17.1 Å². The van der Waals surface area contributed by atoms with E-state index in [9.17, 15) is 14.9 Å².